The third-order valence-electron chi connectivity index (χ3n) is 4.67. The van der Waals surface area contributed by atoms with E-state index < -0.39 is 10.8 Å². The molecule has 0 saturated carbocycles. The van der Waals surface area contributed by atoms with Crippen molar-refractivity contribution in [1.82, 2.24) is 14.5 Å². The highest BCUT2D eigenvalue weighted by molar-refractivity contribution is 7.19. The predicted molar refractivity (Wildman–Crippen MR) is 116 cm³/mol. The van der Waals surface area contributed by atoms with Crippen molar-refractivity contribution >= 4 is 28.1 Å². The van der Waals surface area contributed by atoms with Crippen LogP contribution in [0.3, 0.4) is 0 Å². The molecule has 0 aliphatic heterocycles. The molecule has 0 spiro atoms. The Morgan fingerprint density at radius 1 is 1.17 bits per heavy atom. The molecular formula is C21H17N5O3S. The maximum absolute atomic E-state index is 12.8. The van der Waals surface area contributed by atoms with Crippen LogP contribution in [0.25, 0.3) is 22.0 Å². The second-order valence-electron chi connectivity index (χ2n) is 6.59. The van der Waals surface area contributed by atoms with Gasteiger partial charge in [-0.2, -0.15) is 0 Å². The summed E-state index contributed by atoms with van der Waals surface area (Å²) in [6.45, 7) is 1.56. The topological polar surface area (TPSA) is 103 Å². The smallest absolute Gasteiger partial charge is 0.273 e. The van der Waals surface area contributed by atoms with Crippen LogP contribution in [0, 0.1) is 17.0 Å². The number of anilines is 1. The first-order chi connectivity index (χ1) is 14.5. The molecule has 0 atom stereocenters. The number of carbonyl (C=O) groups excluding carboxylic acids is 1. The van der Waals surface area contributed by atoms with Gasteiger partial charge in [0, 0.05) is 42.2 Å². The minimum atomic E-state index is -0.498. The number of imidazole rings is 1. The van der Waals surface area contributed by atoms with Gasteiger partial charge in [-0.25, -0.2) is 9.97 Å². The zero-order valence-electron chi connectivity index (χ0n) is 16.2. The van der Waals surface area contributed by atoms with E-state index in [0.29, 0.717) is 16.4 Å². The molecule has 0 saturated heterocycles. The van der Waals surface area contributed by atoms with E-state index in [0.717, 1.165) is 16.3 Å². The highest BCUT2D eigenvalue weighted by Crippen LogP contribution is 2.38. The van der Waals surface area contributed by atoms with E-state index in [2.05, 4.69) is 15.3 Å². The van der Waals surface area contributed by atoms with Crippen LogP contribution in [-0.4, -0.2) is 25.4 Å². The van der Waals surface area contributed by atoms with Gasteiger partial charge in [-0.15, -0.1) is 0 Å². The van der Waals surface area contributed by atoms with Gasteiger partial charge in [0.15, 0.2) is 11.0 Å². The van der Waals surface area contributed by atoms with Crippen LogP contribution >= 0.6 is 11.3 Å². The molecule has 4 aromatic rings. The first kappa shape index (κ1) is 19.5. The van der Waals surface area contributed by atoms with Crippen LogP contribution < -0.4 is 5.32 Å². The van der Waals surface area contributed by atoms with Crippen molar-refractivity contribution in [3.63, 3.8) is 0 Å². The van der Waals surface area contributed by atoms with E-state index in [1.807, 2.05) is 48.1 Å². The highest BCUT2D eigenvalue weighted by Gasteiger charge is 2.22. The molecule has 30 heavy (non-hydrogen) atoms. The van der Waals surface area contributed by atoms with Crippen molar-refractivity contribution in [2.24, 2.45) is 7.05 Å². The number of aromatic nitrogens is 3. The van der Waals surface area contributed by atoms with Gasteiger partial charge in [-0.1, -0.05) is 47.7 Å². The molecule has 4 rings (SSSR count). The van der Waals surface area contributed by atoms with Crippen molar-refractivity contribution < 1.29 is 9.72 Å². The Hall–Kier alpha value is -3.85. The minimum Gasteiger partial charge on any atom is -0.333 e. The number of aryl methyl sites for hydroxylation is 1. The molecule has 2 heterocycles. The summed E-state index contributed by atoms with van der Waals surface area (Å²) in [5.41, 5.74) is 2.06. The van der Waals surface area contributed by atoms with Gasteiger partial charge in [0.1, 0.15) is 0 Å². The summed E-state index contributed by atoms with van der Waals surface area (Å²) in [6.07, 6.45) is 3.54. The van der Waals surface area contributed by atoms with Crippen molar-refractivity contribution in [3.05, 3.63) is 82.2 Å². The van der Waals surface area contributed by atoms with Gasteiger partial charge in [-0.05, 0) is 13.0 Å². The molecule has 9 heteroatoms. The number of carbonyl (C=O) groups is 1. The van der Waals surface area contributed by atoms with E-state index in [-0.39, 0.29) is 11.3 Å². The van der Waals surface area contributed by atoms with Crippen LogP contribution in [0.5, 0.6) is 0 Å². The lowest BCUT2D eigenvalue weighted by atomic mass is 10.1. The number of hydrogen-bond acceptors (Lipinski definition) is 6. The van der Waals surface area contributed by atoms with Gasteiger partial charge >= 0.3 is 0 Å². The van der Waals surface area contributed by atoms with Gasteiger partial charge in [0.2, 0.25) is 0 Å². The van der Waals surface area contributed by atoms with Crippen LogP contribution in [-0.2, 0) is 7.05 Å². The Bertz CT molecular complexity index is 1250. The Morgan fingerprint density at radius 3 is 2.60 bits per heavy atom. The molecule has 0 bridgehead atoms. The summed E-state index contributed by atoms with van der Waals surface area (Å²) in [5.74, 6) is 0.286. The Kier molecular flexibility index (Phi) is 5.11. The molecule has 0 aliphatic rings. The maximum atomic E-state index is 12.8. The molecule has 8 nitrogen and oxygen atoms in total. The Labute approximate surface area is 176 Å². The van der Waals surface area contributed by atoms with Crippen LogP contribution in [0.15, 0.2) is 60.9 Å². The van der Waals surface area contributed by atoms with E-state index in [4.69, 9.17) is 0 Å². The van der Waals surface area contributed by atoms with Gasteiger partial charge in [0.05, 0.1) is 15.5 Å². The van der Waals surface area contributed by atoms with Crippen LogP contribution in [0.4, 0.5) is 10.8 Å². The molecule has 2 aromatic heterocycles. The van der Waals surface area contributed by atoms with Crippen molar-refractivity contribution in [2.45, 2.75) is 6.92 Å². The van der Waals surface area contributed by atoms with E-state index in [1.54, 1.807) is 19.2 Å². The third kappa shape index (κ3) is 3.58. The zero-order valence-corrected chi connectivity index (χ0v) is 17.0. The molecule has 0 unspecified atom stereocenters. The van der Waals surface area contributed by atoms with Gasteiger partial charge < -0.3 is 4.57 Å². The quantitative estimate of drug-likeness (QED) is 0.374. The summed E-state index contributed by atoms with van der Waals surface area (Å²) in [5, 5.41) is 14.4. The normalized spacial score (nSPS) is 10.7. The number of benzene rings is 2. The monoisotopic (exact) mass is 419 g/mol. The first-order valence-corrected chi connectivity index (χ1v) is 9.86. The van der Waals surface area contributed by atoms with Crippen molar-refractivity contribution in [2.75, 3.05) is 5.32 Å². The fraction of sp³-hybridized carbons (Fsp3) is 0.0952. The molecule has 2 aromatic carbocycles. The maximum Gasteiger partial charge on any atom is 0.273 e. The van der Waals surface area contributed by atoms with Crippen molar-refractivity contribution in [3.8, 4) is 22.0 Å². The molecule has 1 N–H and O–H groups in total. The van der Waals surface area contributed by atoms with E-state index >= 15 is 0 Å². The molecular weight excluding hydrogens is 402 g/mol. The average molecular weight is 419 g/mol. The molecule has 0 radical (unpaired) electrons. The Morgan fingerprint density at radius 2 is 1.93 bits per heavy atom. The van der Waals surface area contributed by atoms with Gasteiger partial charge in [0.25, 0.3) is 11.6 Å². The zero-order chi connectivity index (χ0) is 21.3. The minimum absolute atomic E-state index is 0.0968. The molecule has 150 valence electrons. The van der Waals surface area contributed by atoms with E-state index in [9.17, 15) is 14.9 Å². The number of nitro groups is 1. The number of nitro benzene ring substituents is 1. The number of amides is 1. The largest absolute Gasteiger partial charge is 0.333 e. The Balaban J connectivity index is 1.73. The lowest BCUT2D eigenvalue weighted by molar-refractivity contribution is -0.385. The summed E-state index contributed by atoms with van der Waals surface area (Å²) in [6, 6.07) is 14.1. The fourth-order valence-electron chi connectivity index (χ4n) is 3.13. The number of hydrogen-bond donors (Lipinski definition) is 1. The number of rotatable bonds is 5. The number of nitrogens with one attached hydrogen (secondary N) is 1. The third-order valence-corrected chi connectivity index (χ3v) is 5.63. The van der Waals surface area contributed by atoms with Crippen LogP contribution in [0.2, 0.25) is 0 Å². The van der Waals surface area contributed by atoms with Crippen molar-refractivity contribution in [1.29, 1.82) is 0 Å². The number of thiazole rings is 1. The van der Waals surface area contributed by atoms with Crippen LogP contribution in [0.1, 0.15) is 15.9 Å². The fourth-order valence-corrected chi connectivity index (χ4v) is 4.16. The van der Waals surface area contributed by atoms with E-state index in [1.165, 1.54) is 23.5 Å². The lowest BCUT2D eigenvalue weighted by Gasteiger charge is -2.05. The summed E-state index contributed by atoms with van der Waals surface area (Å²) < 4.78 is 1.89. The summed E-state index contributed by atoms with van der Waals surface area (Å²) in [7, 11) is 1.89. The second-order valence-corrected chi connectivity index (χ2v) is 7.58. The SMILES string of the molecule is Cc1c(C(=O)Nc2nc(-c3ccccc3)c(-c3nccn3C)s2)cccc1[N+](=O)[O-]. The second kappa shape index (κ2) is 7.88. The summed E-state index contributed by atoms with van der Waals surface area (Å²) >= 11 is 1.31. The summed E-state index contributed by atoms with van der Waals surface area (Å²) in [4.78, 5) is 33.4. The standard InChI is InChI=1S/C21H17N5O3S/c1-13-15(9-6-10-16(13)26(28)29)20(27)24-21-23-17(14-7-4-3-5-8-14)18(30-21)19-22-11-12-25(19)2/h3-12H,1-2H3,(H,23,24,27). The average Bonchev–Trinajstić information content (AvgIpc) is 3.34. The predicted octanol–water partition coefficient (Wildman–Crippen LogP) is 4.68. The number of nitrogens with zero attached hydrogens (tertiary/aromatic N) is 4. The molecule has 0 fully saturated rings. The van der Waals surface area contributed by atoms with Gasteiger partial charge in [-0.3, -0.25) is 20.2 Å². The lowest BCUT2D eigenvalue weighted by Crippen LogP contribution is -2.14. The highest BCUT2D eigenvalue weighted by atomic mass is 32.1. The first-order valence-electron chi connectivity index (χ1n) is 9.05. The molecule has 0 aliphatic carbocycles. The molecule has 1 amide bonds.